The number of carbonyl (C=O) groups excluding carboxylic acids is 1. The quantitative estimate of drug-likeness (QED) is 0.348. The largest absolute Gasteiger partial charge is 0.370 e. The van der Waals surface area contributed by atoms with Gasteiger partial charge >= 0.3 is 0 Å². The third-order valence-corrected chi connectivity index (χ3v) is 5.29. The SMILES string of the molecule is CCNC(=NCCN1CCN(C(C)=O)CC1)N1CCOC(c2cnn(C)c2)C1.I. The van der Waals surface area contributed by atoms with E-state index >= 15 is 0 Å². The van der Waals surface area contributed by atoms with Crippen LogP contribution in [0.2, 0.25) is 0 Å². The molecule has 0 spiro atoms. The molecule has 1 atom stereocenters. The lowest BCUT2D eigenvalue weighted by atomic mass is 10.1. The molecule has 0 aromatic carbocycles. The van der Waals surface area contributed by atoms with Crippen molar-refractivity contribution in [3.63, 3.8) is 0 Å². The first-order chi connectivity index (χ1) is 13.6. The van der Waals surface area contributed by atoms with E-state index in [-0.39, 0.29) is 36.0 Å². The molecule has 0 aliphatic carbocycles. The number of nitrogens with zero attached hydrogens (tertiary/aromatic N) is 6. The van der Waals surface area contributed by atoms with E-state index in [1.165, 1.54) is 0 Å². The van der Waals surface area contributed by atoms with Crippen molar-refractivity contribution in [3.8, 4) is 0 Å². The predicted octanol–water partition coefficient (Wildman–Crippen LogP) is 0.541. The van der Waals surface area contributed by atoms with Crippen molar-refractivity contribution in [1.82, 2.24) is 29.8 Å². The number of aryl methyl sites for hydroxylation is 1. The van der Waals surface area contributed by atoms with E-state index in [1.54, 1.807) is 6.92 Å². The van der Waals surface area contributed by atoms with Crippen LogP contribution in [0.3, 0.4) is 0 Å². The van der Waals surface area contributed by atoms with Gasteiger partial charge in [-0.1, -0.05) is 0 Å². The van der Waals surface area contributed by atoms with Gasteiger partial charge in [0.2, 0.25) is 5.91 Å². The Kier molecular flexibility index (Phi) is 9.63. The fourth-order valence-corrected chi connectivity index (χ4v) is 3.66. The second-order valence-corrected chi connectivity index (χ2v) is 7.34. The van der Waals surface area contributed by atoms with Gasteiger partial charge in [-0.05, 0) is 6.92 Å². The molecule has 0 saturated carbocycles. The molecule has 1 unspecified atom stereocenters. The van der Waals surface area contributed by atoms with Crippen LogP contribution in [-0.4, -0.2) is 102 Å². The van der Waals surface area contributed by atoms with Crippen LogP contribution < -0.4 is 5.32 Å². The van der Waals surface area contributed by atoms with Crippen molar-refractivity contribution in [3.05, 3.63) is 18.0 Å². The molecule has 10 heteroatoms. The van der Waals surface area contributed by atoms with Gasteiger partial charge < -0.3 is 19.9 Å². The first-order valence-corrected chi connectivity index (χ1v) is 10.2. The molecule has 9 nitrogen and oxygen atoms in total. The summed E-state index contributed by atoms with van der Waals surface area (Å²) in [5.74, 6) is 1.12. The number of carbonyl (C=O) groups is 1. The smallest absolute Gasteiger partial charge is 0.219 e. The van der Waals surface area contributed by atoms with Crippen LogP contribution in [-0.2, 0) is 16.6 Å². The Morgan fingerprint density at radius 3 is 2.66 bits per heavy atom. The molecule has 1 aromatic heterocycles. The van der Waals surface area contributed by atoms with Gasteiger partial charge in [-0.25, -0.2) is 0 Å². The van der Waals surface area contributed by atoms with Crippen LogP contribution in [0.5, 0.6) is 0 Å². The third kappa shape index (κ3) is 6.82. The minimum Gasteiger partial charge on any atom is -0.370 e. The highest BCUT2D eigenvalue weighted by Crippen LogP contribution is 2.21. The lowest BCUT2D eigenvalue weighted by Crippen LogP contribution is -2.49. The van der Waals surface area contributed by atoms with E-state index in [0.717, 1.165) is 70.4 Å². The van der Waals surface area contributed by atoms with Gasteiger partial charge in [0.15, 0.2) is 5.96 Å². The van der Waals surface area contributed by atoms with E-state index in [4.69, 9.17) is 9.73 Å². The molecule has 164 valence electrons. The number of aliphatic imine (C=N–C) groups is 1. The number of halogens is 1. The number of morpholine rings is 1. The fraction of sp³-hybridized carbons (Fsp3) is 0.737. The Bertz CT molecular complexity index is 673. The number of ether oxygens (including phenoxy) is 1. The fourth-order valence-electron chi connectivity index (χ4n) is 3.66. The van der Waals surface area contributed by atoms with Crippen LogP contribution in [0, 0.1) is 0 Å². The number of amides is 1. The van der Waals surface area contributed by atoms with Crippen molar-refractivity contribution in [2.75, 3.05) is 65.5 Å². The van der Waals surface area contributed by atoms with E-state index < -0.39 is 0 Å². The number of guanidine groups is 1. The van der Waals surface area contributed by atoms with Crippen molar-refractivity contribution in [1.29, 1.82) is 0 Å². The molecule has 2 saturated heterocycles. The summed E-state index contributed by atoms with van der Waals surface area (Å²) in [5, 5.41) is 7.68. The van der Waals surface area contributed by atoms with Crippen LogP contribution in [0.25, 0.3) is 0 Å². The number of rotatable bonds is 5. The monoisotopic (exact) mass is 519 g/mol. The third-order valence-electron chi connectivity index (χ3n) is 5.29. The average Bonchev–Trinajstić information content (AvgIpc) is 3.14. The van der Waals surface area contributed by atoms with Gasteiger partial charge in [-0.15, -0.1) is 24.0 Å². The van der Waals surface area contributed by atoms with Gasteiger partial charge in [0.1, 0.15) is 6.10 Å². The zero-order valence-corrected chi connectivity index (χ0v) is 20.0. The summed E-state index contributed by atoms with van der Waals surface area (Å²) >= 11 is 0. The molecular formula is C19H34IN7O2. The van der Waals surface area contributed by atoms with Gasteiger partial charge in [0, 0.05) is 71.5 Å². The summed E-state index contributed by atoms with van der Waals surface area (Å²) in [6, 6.07) is 0. The van der Waals surface area contributed by atoms with Crippen molar-refractivity contribution < 1.29 is 9.53 Å². The average molecular weight is 519 g/mol. The van der Waals surface area contributed by atoms with Crippen LogP contribution in [0.4, 0.5) is 0 Å². The Balaban J connectivity index is 0.00000300. The second kappa shape index (κ2) is 11.7. The molecule has 29 heavy (non-hydrogen) atoms. The normalized spacial score (nSPS) is 21.1. The van der Waals surface area contributed by atoms with Crippen molar-refractivity contribution >= 4 is 35.8 Å². The highest BCUT2D eigenvalue weighted by atomic mass is 127. The Morgan fingerprint density at radius 2 is 2.03 bits per heavy atom. The Hall–Kier alpha value is -1.40. The molecule has 0 radical (unpaired) electrons. The summed E-state index contributed by atoms with van der Waals surface area (Å²) in [4.78, 5) is 22.9. The Labute approximate surface area is 190 Å². The zero-order chi connectivity index (χ0) is 19.9. The van der Waals surface area contributed by atoms with Gasteiger partial charge in [0.05, 0.1) is 25.9 Å². The number of hydrogen-bond acceptors (Lipinski definition) is 5. The second-order valence-electron chi connectivity index (χ2n) is 7.34. The summed E-state index contributed by atoms with van der Waals surface area (Å²) in [7, 11) is 1.92. The first kappa shape index (κ1) is 23.9. The molecule has 2 aliphatic heterocycles. The van der Waals surface area contributed by atoms with Crippen LogP contribution >= 0.6 is 24.0 Å². The minimum atomic E-state index is 0. The number of hydrogen-bond donors (Lipinski definition) is 1. The maximum absolute atomic E-state index is 11.4. The predicted molar refractivity (Wildman–Crippen MR) is 124 cm³/mol. The molecular weight excluding hydrogens is 485 g/mol. The number of nitrogens with one attached hydrogen (secondary N) is 1. The van der Waals surface area contributed by atoms with Gasteiger partial charge in [-0.2, -0.15) is 5.10 Å². The maximum Gasteiger partial charge on any atom is 0.219 e. The standard InChI is InChI=1S/C19H33N7O2.HI/c1-4-20-19(21-5-6-24-7-9-25(10-8-24)16(2)27)26-11-12-28-18(15-26)17-13-22-23(3)14-17;/h13-14,18H,4-12,15H2,1-3H3,(H,20,21);1H. The van der Waals surface area contributed by atoms with E-state index in [9.17, 15) is 4.79 Å². The van der Waals surface area contributed by atoms with Crippen LogP contribution in [0.1, 0.15) is 25.5 Å². The number of piperazine rings is 1. The topological polar surface area (TPSA) is 78.2 Å². The lowest BCUT2D eigenvalue weighted by Gasteiger charge is -2.35. The van der Waals surface area contributed by atoms with Crippen molar-refractivity contribution in [2.24, 2.45) is 12.0 Å². The highest BCUT2D eigenvalue weighted by molar-refractivity contribution is 14.0. The first-order valence-electron chi connectivity index (χ1n) is 10.2. The molecule has 1 N–H and O–H groups in total. The lowest BCUT2D eigenvalue weighted by molar-refractivity contribution is -0.130. The van der Waals surface area contributed by atoms with E-state index in [2.05, 4.69) is 27.1 Å². The maximum atomic E-state index is 11.4. The molecule has 3 rings (SSSR count). The molecule has 2 aliphatic rings. The van der Waals surface area contributed by atoms with E-state index in [0.29, 0.717) is 6.61 Å². The molecule has 0 bridgehead atoms. The molecule has 2 fully saturated rings. The summed E-state index contributed by atoms with van der Waals surface area (Å²) in [5.41, 5.74) is 1.10. The zero-order valence-electron chi connectivity index (χ0n) is 17.7. The molecule has 3 heterocycles. The van der Waals surface area contributed by atoms with Gasteiger partial charge in [-0.3, -0.25) is 19.4 Å². The van der Waals surface area contributed by atoms with Crippen LogP contribution in [0.15, 0.2) is 17.4 Å². The molecule has 1 amide bonds. The number of aromatic nitrogens is 2. The van der Waals surface area contributed by atoms with Crippen molar-refractivity contribution in [2.45, 2.75) is 20.0 Å². The summed E-state index contributed by atoms with van der Waals surface area (Å²) in [6.45, 7) is 12.0. The summed E-state index contributed by atoms with van der Waals surface area (Å²) < 4.78 is 7.76. The minimum absolute atomic E-state index is 0. The Morgan fingerprint density at radius 1 is 1.28 bits per heavy atom. The highest BCUT2D eigenvalue weighted by Gasteiger charge is 2.25. The summed E-state index contributed by atoms with van der Waals surface area (Å²) in [6.07, 6.45) is 3.91. The molecule has 1 aromatic rings. The van der Waals surface area contributed by atoms with E-state index in [1.807, 2.05) is 29.0 Å². The van der Waals surface area contributed by atoms with Gasteiger partial charge in [0.25, 0.3) is 0 Å².